The Balaban J connectivity index is 1.72. The van der Waals surface area contributed by atoms with Crippen LogP contribution in [0.15, 0.2) is 48.5 Å². The van der Waals surface area contributed by atoms with Gasteiger partial charge in [0, 0.05) is 6.54 Å². The van der Waals surface area contributed by atoms with Crippen LogP contribution in [0.5, 0.6) is 5.75 Å². The van der Waals surface area contributed by atoms with E-state index in [9.17, 15) is 4.79 Å². The van der Waals surface area contributed by atoms with E-state index in [1.54, 1.807) is 0 Å². The Labute approximate surface area is 144 Å². The number of amides is 1. The van der Waals surface area contributed by atoms with Gasteiger partial charge in [0.15, 0.2) is 0 Å². The van der Waals surface area contributed by atoms with Crippen LogP contribution in [0.4, 0.5) is 0 Å². The minimum absolute atomic E-state index is 0.192. The Morgan fingerprint density at radius 1 is 1.17 bits per heavy atom. The van der Waals surface area contributed by atoms with Crippen LogP contribution in [-0.4, -0.2) is 24.0 Å². The number of carbonyl (C=O) groups excluding carboxylic acids is 1. The third kappa shape index (κ3) is 3.61. The lowest BCUT2D eigenvalue weighted by atomic mass is 10.0. The molecule has 0 bridgehead atoms. The van der Waals surface area contributed by atoms with Crippen molar-refractivity contribution >= 4 is 5.91 Å². The Kier molecular flexibility index (Phi) is 5.19. The van der Waals surface area contributed by atoms with E-state index in [1.807, 2.05) is 36.1 Å². The number of rotatable bonds is 5. The molecule has 1 saturated heterocycles. The van der Waals surface area contributed by atoms with Crippen molar-refractivity contribution in [1.82, 2.24) is 4.90 Å². The first-order chi connectivity index (χ1) is 11.7. The molecule has 1 aliphatic heterocycles. The van der Waals surface area contributed by atoms with Crippen molar-refractivity contribution in [2.24, 2.45) is 0 Å². The molecule has 0 aromatic heterocycles. The quantitative estimate of drug-likeness (QED) is 0.821. The van der Waals surface area contributed by atoms with E-state index in [1.165, 1.54) is 11.1 Å². The van der Waals surface area contributed by atoms with Gasteiger partial charge < -0.3 is 9.64 Å². The molecule has 0 saturated carbocycles. The van der Waals surface area contributed by atoms with Crippen LogP contribution in [0.2, 0.25) is 0 Å². The minimum Gasteiger partial charge on any atom is -0.494 e. The van der Waals surface area contributed by atoms with Gasteiger partial charge in [0.05, 0.1) is 19.1 Å². The topological polar surface area (TPSA) is 29.5 Å². The maximum atomic E-state index is 12.8. The lowest BCUT2D eigenvalue weighted by Gasteiger charge is -2.25. The van der Waals surface area contributed by atoms with Crippen LogP contribution in [0.3, 0.4) is 0 Å². The normalized spacial score (nSPS) is 17.1. The molecule has 3 heteroatoms. The molecule has 2 aromatic rings. The molecule has 2 aromatic carbocycles. The molecule has 126 valence electrons. The van der Waals surface area contributed by atoms with Gasteiger partial charge in [0.1, 0.15) is 5.75 Å². The summed E-state index contributed by atoms with van der Waals surface area (Å²) in [6, 6.07) is 16.5. The average molecular weight is 323 g/mol. The van der Waals surface area contributed by atoms with Gasteiger partial charge in [-0.25, -0.2) is 0 Å². The highest BCUT2D eigenvalue weighted by atomic mass is 16.5. The number of ether oxygens (including phenoxy) is 1. The molecule has 24 heavy (non-hydrogen) atoms. The molecule has 1 heterocycles. The second-order valence-corrected chi connectivity index (χ2v) is 6.35. The zero-order chi connectivity index (χ0) is 16.9. The molecule has 0 N–H and O–H groups in total. The predicted octanol–water partition coefficient (Wildman–Crippen LogP) is 4.30. The lowest BCUT2D eigenvalue weighted by molar-refractivity contribution is -0.131. The number of aryl methyl sites for hydroxylation is 1. The van der Waals surface area contributed by atoms with E-state index in [0.717, 1.165) is 30.7 Å². The summed E-state index contributed by atoms with van der Waals surface area (Å²) in [5.74, 6) is 1.11. The first kappa shape index (κ1) is 16.6. The van der Waals surface area contributed by atoms with E-state index in [2.05, 4.69) is 31.2 Å². The van der Waals surface area contributed by atoms with Gasteiger partial charge >= 0.3 is 0 Å². The number of likely N-dealkylation sites (tertiary alicyclic amines) is 1. The summed E-state index contributed by atoms with van der Waals surface area (Å²) in [6.45, 7) is 5.57. The molecular formula is C21H25NO2. The summed E-state index contributed by atoms with van der Waals surface area (Å²) >= 11 is 0. The van der Waals surface area contributed by atoms with Crippen LogP contribution < -0.4 is 4.74 Å². The SMILES string of the molecule is CCOc1ccc(C2CCCN2C(=O)Cc2ccccc2C)cc1. The van der Waals surface area contributed by atoms with E-state index < -0.39 is 0 Å². The Bertz CT molecular complexity index is 693. The van der Waals surface area contributed by atoms with Crippen molar-refractivity contribution in [3.05, 3.63) is 65.2 Å². The number of hydrogen-bond donors (Lipinski definition) is 0. The maximum absolute atomic E-state index is 12.8. The smallest absolute Gasteiger partial charge is 0.227 e. The van der Waals surface area contributed by atoms with Gasteiger partial charge in [-0.3, -0.25) is 4.79 Å². The second-order valence-electron chi connectivity index (χ2n) is 6.35. The zero-order valence-electron chi connectivity index (χ0n) is 14.5. The molecule has 0 spiro atoms. The standard InChI is InChI=1S/C21H25NO2/c1-3-24-19-12-10-17(11-13-19)20-9-6-14-22(20)21(23)15-18-8-5-4-7-16(18)2/h4-5,7-8,10-13,20H,3,6,9,14-15H2,1-2H3. The predicted molar refractivity (Wildman–Crippen MR) is 96.2 cm³/mol. The minimum atomic E-state index is 0.192. The van der Waals surface area contributed by atoms with Crippen molar-refractivity contribution in [3.63, 3.8) is 0 Å². The molecule has 0 aliphatic carbocycles. The maximum Gasteiger partial charge on any atom is 0.227 e. The summed E-state index contributed by atoms with van der Waals surface area (Å²) in [5, 5.41) is 0. The second kappa shape index (κ2) is 7.52. The van der Waals surface area contributed by atoms with Crippen molar-refractivity contribution in [2.45, 2.75) is 39.2 Å². The van der Waals surface area contributed by atoms with Crippen LogP contribution in [-0.2, 0) is 11.2 Å². The molecule has 1 fully saturated rings. The summed E-state index contributed by atoms with van der Waals surface area (Å²) in [5.41, 5.74) is 3.51. The molecule has 1 unspecified atom stereocenters. The monoisotopic (exact) mass is 323 g/mol. The molecule has 3 rings (SSSR count). The van der Waals surface area contributed by atoms with Crippen LogP contribution in [0, 0.1) is 6.92 Å². The van der Waals surface area contributed by atoms with E-state index in [4.69, 9.17) is 4.74 Å². The number of nitrogens with zero attached hydrogens (tertiary/aromatic N) is 1. The van der Waals surface area contributed by atoms with E-state index in [-0.39, 0.29) is 11.9 Å². The number of hydrogen-bond acceptors (Lipinski definition) is 2. The fourth-order valence-electron chi connectivity index (χ4n) is 3.44. The Morgan fingerprint density at radius 3 is 2.62 bits per heavy atom. The fourth-order valence-corrected chi connectivity index (χ4v) is 3.44. The van der Waals surface area contributed by atoms with Crippen molar-refractivity contribution < 1.29 is 9.53 Å². The summed E-state index contributed by atoms with van der Waals surface area (Å²) in [6.07, 6.45) is 2.59. The number of benzene rings is 2. The summed E-state index contributed by atoms with van der Waals surface area (Å²) in [4.78, 5) is 14.9. The highest BCUT2D eigenvalue weighted by Gasteiger charge is 2.29. The largest absolute Gasteiger partial charge is 0.494 e. The molecule has 1 amide bonds. The highest BCUT2D eigenvalue weighted by molar-refractivity contribution is 5.80. The molecule has 3 nitrogen and oxygen atoms in total. The van der Waals surface area contributed by atoms with Crippen molar-refractivity contribution in [1.29, 1.82) is 0 Å². The first-order valence-electron chi connectivity index (χ1n) is 8.75. The van der Waals surface area contributed by atoms with E-state index >= 15 is 0 Å². The molecular weight excluding hydrogens is 298 g/mol. The zero-order valence-corrected chi connectivity index (χ0v) is 14.5. The van der Waals surface area contributed by atoms with Crippen LogP contribution >= 0.6 is 0 Å². The first-order valence-corrected chi connectivity index (χ1v) is 8.75. The Hall–Kier alpha value is -2.29. The molecule has 1 aliphatic rings. The van der Waals surface area contributed by atoms with Crippen molar-refractivity contribution in [2.75, 3.05) is 13.2 Å². The van der Waals surface area contributed by atoms with Crippen LogP contribution in [0.25, 0.3) is 0 Å². The third-order valence-corrected chi connectivity index (χ3v) is 4.75. The summed E-state index contributed by atoms with van der Waals surface area (Å²) < 4.78 is 5.51. The molecule has 1 atom stereocenters. The van der Waals surface area contributed by atoms with Crippen molar-refractivity contribution in [3.8, 4) is 5.75 Å². The van der Waals surface area contributed by atoms with E-state index in [0.29, 0.717) is 13.0 Å². The number of carbonyl (C=O) groups is 1. The van der Waals surface area contributed by atoms with Gasteiger partial charge in [-0.15, -0.1) is 0 Å². The Morgan fingerprint density at radius 2 is 1.92 bits per heavy atom. The lowest BCUT2D eigenvalue weighted by Crippen LogP contribution is -2.32. The van der Waals surface area contributed by atoms with Crippen LogP contribution in [0.1, 0.15) is 42.5 Å². The highest BCUT2D eigenvalue weighted by Crippen LogP contribution is 2.33. The molecule has 0 radical (unpaired) electrons. The van der Waals surface area contributed by atoms with Gasteiger partial charge in [0.25, 0.3) is 0 Å². The third-order valence-electron chi connectivity index (χ3n) is 4.75. The van der Waals surface area contributed by atoms with Gasteiger partial charge in [0.2, 0.25) is 5.91 Å². The van der Waals surface area contributed by atoms with Gasteiger partial charge in [-0.2, -0.15) is 0 Å². The average Bonchev–Trinajstić information content (AvgIpc) is 3.08. The fraction of sp³-hybridized carbons (Fsp3) is 0.381. The summed E-state index contributed by atoms with van der Waals surface area (Å²) in [7, 11) is 0. The van der Waals surface area contributed by atoms with Gasteiger partial charge in [-0.1, -0.05) is 36.4 Å². The van der Waals surface area contributed by atoms with Gasteiger partial charge in [-0.05, 0) is 55.5 Å².